The second kappa shape index (κ2) is 5.27. The molecule has 2 atom stereocenters. The van der Waals surface area contributed by atoms with Crippen LogP contribution in [0.5, 0.6) is 0 Å². The van der Waals surface area contributed by atoms with Crippen LogP contribution in [0.3, 0.4) is 0 Å². The first-order valence-electron chi connectivity index (χ1n) is 7.02. The summed E-state index contributed by atoms with van der Waals surface area (Å²) in [7, 11) is 0. The highest BCUT2D eigenvalue weighted by Crippen LogP contribution is 2.58. The van der Waals surface area contributed by atoms with Gasteiger partial charge in [-0.2, -0.15) is 0 Å². The third-order valence-electron chi connectivity index (χ3n) is 4.30. The zero-order chi connectivity index (χ0) is 13.2. The van der Waals surface area contributed by atoms with E-state index in [1.165, 1.54) is 17.7 Å². The molecule has 1 nitrogen and oxygen atoms in total. The van der Waals surface area contributed by atoms with E-state index < -0.39 is 0 Å². The maximum absolute atomic E-state index is 2.46. The molecule has 18 heavy (non-hydrogen) atoms. The molecule has 0 spiro atoms. The molecule has 1 heteroatoms. The first-order chi connectivity index (χ1) is 8.51. The van der Waals surface area contributed by atoms with E-state index in [2.05, 4.69) is 69.4 Å². The Balaban J connectivity index is 1.80. The van der Waals surface area contributed by atoms with Gasteiger partial charge in [-0.25, -0.2) is 0 Å². The summed E-state index contributed by atoms with van der Waals surface area (Å²) in [4.78, 5) is 0. The van der Waals surface area contributed by atoms with Crippen LogP contribution in [0.4, 0.5) is 0 Å². The minimum Gasteiger partial charge on any atom is -0.342 e. The van der Waals surface area contributed by atoms with E-state index >= 15 is 0 Å². The number of rotatable bonds is 5. The van der Waals surface area contributed by atoms with Crippen molar-refractivity contribution in [1.29, 1.82) is 0 Å². The van der Waals surface area contributed by atoms with Crippen molar-refractivity contribution in [3.8, 4) is 0 Å². The number of nitrogens with two attached hydrogens (primary N) is 1. The standard InChI is InChI=1S/C17H25N/c1-13(2)10-15-16(17(15,3)4)12-18-11-14-8-6-5-7-9-14/h5-10,15-16,18H,11-12H2,1-4H3/p+1/t15-,16+/m0/s1. The zero-order valence-electron chi connectivity index (χ0n) is 12.1. The summed E-state index contributed by atoms with van der Waals surface area (Å²) in [6, 6.07) is 10.7. The molecule has 0 radical (unpaired) electrons. The van der Waals surface area contributed by atoms with E-state index in [4.69, 9.17) is 0 Å². The Morgan fingerprint density at radius 3 is 2.50 bits per heavy atom. The maximum Gasteiger partial charge on any atom is 0.101 e. The highest BCUT2D eigenvalue weighted by molar-refractivity contribution is 5.17. The zero-order valence-corrected chi connectivity index (χ0v) is 12.1. The molecule has 0 unspecified atom stereocenters. The van der Waals surface area contributed by atoms with Crippen LogP contribution in [0.15, 0.2) is 42.0 Å². The molecule has 0 aromatic heterocycles. The van der Waals surface area contributed by atoms with Crippen LogP contribution in [-0.2, 0) is 6.54 Å². The van der Waals surface area contributed by atoms with Gasteiger partial charge in [0.15, 0.2) is 0 Å². The van der Waals surface area contributed by atoms with Crippen LogP contribution in [0.25, 0.3) is 0 Å². The van der Waals surface area contributed by atoms with E-state index in [0.717, 1.165) is 18.4 Å². The number of quaternary nitrogens is 1. The number of hydrogen-bond donors (Lipinski definition) is 1. The molecule has 1 aromatic carbocycles. The fourth-order valence-electron chi connectivity index (χ4n) is 2.97. The number of hydrogen-bond acceptors (Lipinski definition) is 0. The van der Waals surface area contributed by atoms with Gasteiger partial charge in [0.2, 0.25) is 0 Å². The van der Waals surface area contributed by atoms with E-state index in [1.54, 1.807) is 0 Å². The van der Waals surface area contributed by atoms with Gasteiger partial charge < -0.3 is 5.32 Å². The lowest BCUT2D eigenvalue weighted by Gasteiger charge is -2.03. The molecule has 1 aromatic rings. The Bertz CT molecular complexity index is 412. The molecule has 1 aliphatic carbocycles. The van der Waals surface area contributed by atoms with Gasteiger partial charge in [0.1, 0.15) is 6.54 Å². The SMILES string of the molecule is CC(C)=C[C@H]1[C@@H](C[NH2+]Cc2ccccc2)C1(C)C. The van der Waals surface area contributed by atoms with Crippen molar-refractivity contribution in [2.75, 3.05) is 6.54 Å². The van der Waals surface area contributed by atoms with Gasteiger partial charge in [0.25, 0.3) is 0 Å². The highest BCUT2D eigenvalue weighted by atomic mass is 14.9. The molecular formula is C17H26N+. The predicted octanol–water partition coefficient (Wildman–Crippen LogP) is 2.99. The van der Waals surface area contributed by atoms with Gasteiger partial charge in [0.05, 0.1) is 6.54 Å². The molecule has 0 heterocycles. The molecule has 1 saturated carbocycles. The van der Waals surface area contributed by atoms with Crippen LogP contribution in [0, 0.1) is 17.3 Å². The van der Waals surface area contributed by atoms with Crippen molar-refractivity contribution < 1.29 is 5.32 Å². The Labute approximate surface area is 111 Å². The number of benzene rings is 1. The normalized spacial score (nSPS) is 24.7. The third-order valence-corrected chi connectivity index (χ3v) is 4.30. The van der Waals surface area contributed by atoms with Crippen LogP contribution >= 0.6 is 0 Å². The Morgan fingerprint density at radius 2 is 1.89 bits per heavy atom. The monoisotopic (exact) mass is 244 g/mol. The molecule has 1 fully saturated rings. The summed E-state index contributed by atoms with van der Waals surface area (Å²) in [6.07, 6.45) is 2.46. The predicted molar refractivity (Wildman–Crippen MR) is 77.1 cm³/mol. The van der Waals surface area contributed by atoms with Crippen molar-refractivity contribution in [3.63, 3.8) is 0 Å². The fraction of sp³-hybridized carbons (Fsp3) is 0.529. The van der Waals surface area contributed by atoms with E-state index in [-0.39, 0.29) is 0 Å². The van der Waals surface area contributed by atoms with Crippen molar-refractivity contribution >= 4 is 0 Å². The molecule has 0 saturated heterocycles. The molecule has 1 aliphatic rings. The van der Waals surface area contributed by atoms with Gasteiger partial charge in [-0.15, -0.1) is 0 Å². The van der Waals surface area contributed by atoms with Crippen molar-refractivity contribution in [3.05, 3.63) is 47.5 Å². The van der Waals surface area contributed by atoms with Gasteiger partial charge in [-0.3, -0.25) is 0 Å². The van der Waals surface area contributed by atoms with Crippen LogP contribution in [0.2, 0.25) is 0 Å². The summed E-state index contributed by atoms with van der Waals surface area (Å²) in [5, 5.41) is 2.46. The third kappa shape index (κ3) is 3.02. The maximum atomic E-state index is 2.46. The highest BCUT2D eigenvalue weighted by Gasteiger charge is 2.56. The molecular weight excluding hydrogens is 218 g/mol. The fourth-order valence-corrected chi connectivity index (χ4v) is 2.97. The summed E-state index contributed by atoms with van der Waals surface area (Å²) in [6.45, 7) is 11.6. The van der Waals surface area contributed by atoms with Crippen LogP contribution < -0.4 is 5.32 Å². The summed E-state index contributed by atoms with van der Waals surface area (Å²) >= 11 is 0. The minimum atomic E-state index is 0.504. The second-order valence-electron chi connectivity index (χ2n) is 6.41. The minimum absolute atomic E-state index is 0.504. The smallest absolute Gasteiger partial charge is 0.101 e. The molecule has 0 bridgehead atoms. The lowest BCUT2D eigenvalue weighted by molar-refractivity contribution is -0.674. The van der Waals surface area contributed by atoms with Crippen molar-refractivity contribution in [1.82, 2.24) is 0 Å². The van der Waals surface area contributed by atoms with Gasteiger partial charge in [0, 0.05) is 11.5 Å². The lowest BCUT2D eigenvalue weighted by atomic mass is 10.1. The summed E-state index contributed by atoms with van der Waals surface area (Å²) < 4.78 is 0. The quantitative estimate of drug-likeness (QED) is 0.767. The molecule has 2 N–H and O–H groups in total. The molecule has 2 rings (SSSR count). The van der Waals surface area contributed by atoms with Crippen molar-refractivity contribution in [2.24, 2.45) is 17.3 Å². The average molecular weight is 244 g/mol. The molecule has 98 valence electrons. The van der Waals surface area contributed by atoms with Gasteiger partial charge in [-0.05, 0) is 25.2 Å². The second-order valence-corrected chi connectivity index (χ2v) is 6.41. The van der Waals surface area contributed by atoms with Crippen molar-refractivity contribution in [2.45, 2.75) is 34.2 Å². The van der Waals surface area contributed by atoms with E-state index in [9.17, 15) is 0 Å². The first-order valence-corrected chi connectivity index (χ1v) is 7.02. The molecule has 0 amide bonds. The average Bonchev–Trinajstić information content (AvgIpc) is 2.81. The Hall–Kier alpha value is -1.08. The lowest BCUT2D eigenvalue weighted by Crippen LogP contribution is -2.83. The summed E-state index contributed by atoms with van der Waals surface area (Å²) in [5.74, 6) is 1.63. The summed E-state index contributed by atoms with van der Waals surface area (Å²) in [5.41, 5.74) is 3.39. The van der Waals surface area contributed by atoms with E-state index in [1.807, 2.05) is 0 Å². The van der Waals surface area contributed by atoms with Crippen LogP contribution in [0.1, 0.15) is 33.3 Å². The Morgan fingerprint density at radius 1 is 1.22 bits per heavy atom. The number of allylic oxidation sites excluding steroid dienone is 2. The van der Waals surface area contributed by atoms with Gasteiger partial charge >= 0.3 is 0 Å². The Kier molecular flexibility index (Phi) is 3.91. The van der Waals surface area contributed by atoms with Gasteiger partial charge in [-0.1, -0.05) is 55.8 Å². The van der Waals surface area contributed by atoms with Crippen LogP contribution in [-0.4, -0.2) is 6.54 Å². The topological polar surface area (TPSA) is 16.6 Å². The largest absolute Gasteiger partial charge is 0.342 e. The molecule has 0 aliphatic heterocycles. The first kappa shape index (κ1) is 13.4. The van der Waals surface area contributed by atoms with E-state index in [0.29, 0.717) is 5.41 Å².